The van der Waals surface area contributed by atoms with Gasteiger partial charge in [-0.05, 0) is 24.1 Å². The summed E-state index contributed by atoms with van der Waals surface area (Å²) in [5.74, 6) is 0.105. The first-order valence-electron chi connectivity index (χ1n) is 8.23. The van der Waals surface area contributed by atoms with Crippen molar-refractivity contribution >= 4 is 35.6 Å². The monoisotopic (exact) mass is 374 g/mol. The van der Waals surface area contributed by atoms with Gasteiger partial charge in [-0.3, -0.25) is 9.69 Å². The van der Waals surface area contributed by atoms with Gasteiger partial charge in [-0.25, -0.2) is 0 Å². The molecule has 2 rings (SSSR count). The third-order valence-electron chi connectivity index (χ3n) is 4.29. The van der Waals surface area contributed by atoms with E-state index in [2.05, 4.69) is 21.2 Å². The van der Waals surface area contributed by atoms with E-state index in [4.69, 9.17) is 17.3 Å². The lowest BCUT2D eigenvalue weighted by Gasteiger charge is -2.36. The molecule has 0 aliphatic carbocycles. The van der Waals surface area contributed by atoms with Gasteiger partial charge >= 0.3 is 0 Å². The lowest BCUT2D eigenvalue weighted by Crippen LogP contribution is -2.50. The molecule has 0 spiro atoms. The lowest BCUT2D eigenvalue weighted by atomic mass is 10.1. The minimum atomic E-state index is -0.422. The van der Waals surface area contributed by atoms with Crippen LogP contribution in [0.2, 0.25) is 5.02 Å². The van der Waals surface area contributed by atoms with E-state index in [-0.39, 0.29) is 24.2 Å². The van der Waals surface area contributed by atoms with Crippen LogP contribution in [0, 0.1) is 5.92 Å². The minimum absolute atomic E-state index is 0. The fourth-order valence-electron chi connectivity index (χ4n) is 2.66. The summed E-state index contributed by atoms with van der Waals surface area (Å²) < 4.78 is 0. The highest BCUT2D eigenvalue weighted by atomic mass is 35.5. The van der Waals surface area contributed by atoms with Crippen molar-refractivity contribution in [2.75, 3.05) is 44.2 Å². The predicted octanol–water partition coefficient (Wildman–Crippen LogP) is 1.98. The molecule has 1 aliphatic heterocycles. The van der Waals surface area contributed by atoms with Crippen LogP contribution in [0.3, 0.4) is 0 Å². The second kappa shape index (κ2) is 10.1. The first-order valence-corrected chi connectivity index (χ1v) is 8.61. The molecule has 1 aromatic carbocycles. The fraction of sp³-hybridized carbons (Fsp3) is 0.588. The third kappa shape index (κ3) is 6.13. The predicted molar refractivity (Wildman–Crippen MR) is 103 cm³/mol. The summed E-state index contributed by atoms with van der Waals surface area (Å²) in [5, 5.41) is 3.70. The smallest absolute Gasteiger partial charge is 0.237 e. The Morgan fingerprint density at radius 3 is 2.54 bits per heavy atom. The van der Waals surface area contributed by atoms with Crippen LogP contribution in [0.25, 0.3) is 0 Å². The summed E-state index contributed by atoms with van der Waals surface area (Å²) >= 11 is 6.05. The van der Waals surface area contributed by atoms with Crippen LogP contribution in [0.15, 0.2) is 24.3 Å². The number of benzene rings is 1. The number of hydrogen-bond acceptors (Lipinski definition) is 4. The maximum absolute atomic E-state index is 11.8. The molecule has 0 unspecified atom stereocenters. The zero-order valence-corrected chi connectivity index (χ0v) is 15.9. The van der Waals surface area contributed by atoms with Gasteiger partial charge in [-0.15, -0.1) is 12.4 Å². The number of amides is 1. The highest BCUT2D eigenvalue weighted by Crippen LogP contribution is 2.20. The van der Waals surface area contributed by atoms with Crippen molar-refractivity contribution in [1.29, 1.82) is 0 Å². The summed E-state index contributed by atoms with van der Waals surface area (Å²) in [6.07, 6.45) is 0. The first kappa shape index (κ1) is 21.0. The van der Waals surface area contributed by atoms with Crippen LogP contribution in [0.1, 0.15) is 13.8 Å². The molecular weight excluding hydrogens is 347 g/mol. The van der Waals surface area contributed by atoms with Gasteiger partial charge in [0.05, 0.1) is 6.04 Å². The number of nitrogens with one attached hydrogen (secondary N) is 1. The van der Waals surface area contributed by atoms with Gasteiger partial charge in [-0.1, -0.05) is 31.5 Å². The van der Waals surface area contributed by atoms with Crippen molar-refractivity contribution in [2.24, 2.45) is 11.7 Å². The standard InChI is InChI=1S/C17H27ClN4O.ClH/c1-13(2)16(19)17(23)20-6-7-21-8-10-22(11-9-21)15-5-3-4-14(18)12-15;/h3-5,12-13,16H,6-11,19H2,1-2H3,(H,20,23);1H/t16-;/m0./s1. The number of anilines is 1. The Hall–Kier alpha value is -1.01. The van der Waals surface area contributed by atoms with E-state index < -0.39 is 6.04 Å². The van der Waals surface area contributed by atoms with E-state index in [0.717, 1.165) is 37.7 Å². The fourth-order valence-corrected chi connectivity index (χ4v) is 2.84. The van der Waals surface area contributed by atoms with Gasteiger partial charge in [0.15, 0.2) is 0 Å². The Morgan fingerprint density at radius 1 is 1.29 bits per heavy atom. The Kier molecular flexibility index (Phi) is 8.84. The van der Waals surface area contributed by atoms with E-state index in [1.807, 2.05) is 32.0 Å². The van der Waals surface area contributed by atoms with Gasteiger partial charge in [0.25, 0.3) is 0 Å². The van der Waals surface area contributed by atoms with Gasteiger partial charge in [0, 0.05) is 50.0 Å². The molecule has 1 aliphatic rings. The molecule has 5 nitrogen and oxygen atoms in total. The Bertz CT molecular complexity index is 519. The van der Waals surface area contributed by atoms with Crippen molar-refractivity contribution in [3.63, 3.8) is 0 Å². The van der Waals surface area contributed by atoms with Crippen LogP contribution >= 0.6 is 24.0 Å². The van der Waals surface area contributed by atoms with Gasteiger partial charge in [0.2, 0.25) is 5.91 Å². The molecule has 24 heavy (non-hydrogen) atoms. The van der Waals surface area contributed by atoms with Crippen molar-refractivity contribution in [2.45, 2.75) is 19.9 Å². The number of nitrogens with zero attached hydrogens (tertiary/aromatic N) is 2. The Labute approximate surface area is 155 Å². The van der Waals surface area contributed by atoms with Crippen LogP contribution in [-0.4, -0.2) is 56.1 Å². The lowest BCUT2D eigenvalue weighted by molar-refractivity contribution is -0.123. The SMILES string of the molecule is CC(C)[C@H](N)C(=O)NCCN1CCN(c2cccc(Cl)c2)CC1.Cl. The van der Waals surface area contributed by atoms with E-state index in [1.54, 1.807) is 0 Å². The quantitative estimate of drug-likeness (QED) is 0.798. The Balaban J connectivity index is 0.00000288. The average molecular weight is 375 g/mol. The minimum Gasteiger partial charge on any atom is -0.369 e. The number of halogens is 2. The van der Waals surface area contributed by atoms with E-state index in [0.29, 0.717) is 6.54 Å². The molecule has 1 saturated heterocycles. The number of piperazine rings is 1. The largest absolute Gasteiger partial charge is 0.369 e. The van der Waals surface area contributed by atoms with Gasteiger partial charge < -0.3 is 16.0 Å². The summed E-state index contributed by atoms with van der Waals surface area (Å²) in [5.41, 5.74) is 7.01. The van der Waals surface area contributed by atoms with Crippen LogP contribution < -0.4 is 16.0 Å². The summed E-state index contributed by atoms with van der Waals surface area (Å²) in [6.45, 7) is 9.34. The molecule has 0 radical (unpaired) electrons. The Morgan fingerprint density at radius 2 is 1.96 bits per heavy atom. The maximum Gasteiger partial charge on any atom is 0.237 e. The normalized spacial score (nSPS) is 16.6. The molecule has 1 atom stereocenters. The molecule has 1 fully saturated rings. The van der Waals surface area contributed by atoms with E-state index in [1.165, 1.54) is 5.69 Å². The molecule has 1 heterocycles. The number of carbonyl (C=O) groups is 1. The number of hydrogen-bond donors (Lipinski definition) is 2. The third-order valence-corrected chi connectivity index (χ3v) is 4.53. The van der Waals surface area contributed by atoms with Crippen LogP contribution in [-0.2, 0) is 4.79 Å². The average Bonchev–Trinajstić information content (AvgIpc) is 2.54. The highest BCUT2D eigenvalue weighted by molar-refractivity contribution is 6.30. The second-order valence-corrected chi connectivity index (χ2v) is 6.81. The van der Waals surface area contributed by atoms with E-state index >= 15 is 0 Å². The number of carbonyl (C=O) groups excluding carboxylic acids is 1. The summed E-state index contributed by atoms with van der Waals surface area (Å²) in [6, 6.07) is 7.55. The number of nitrogens with two attached hydrogens (primary N) is 1. The molecule has 1 amide bonds. The van der Waals surface area contributed by atoms with Crippen molar-refractivity contribution in [1.82, 2.24) is 10.2 Å². The zero-order chi connectivity index (χ0) is 16.8. The van der Waals surface area contributed by atoms with Crippen molar-refractivity contribution in [3.8, 4) is 0 Å². The molecule has 1 aromatic rings. The molecule has 0 aromatic heterocycles. The summed E-state index contributed by atoms with van der Waals surface area (Å²) in [7, 11) is 0. The van der Waals surface area contributed by atoms with Crippen LogP contribution in [0.5, 0.6) is 0 Å². The molecule has 3 N–H and O–H groups in total. The van der Waals surface area contributed by atoms with Gasteiger partial charge in [-0.2, -0.15) is 0 Å². The topological polar surface area (TPSA) is 61.6 Å². The van der Waals surface area contributed by atoms with Crippen LogP contribution in [0.4, 0.5) is 5.69 Å². The molecule has 136 valence electrons. The molecule has 0 saturated carbocycles. The van der Waals surface area contributed by atoms with Crippen molar-refractivity contribution in [3.05, 3.63) is 29.3 Å². The maximum atomic E-state index is 11.8. The highest BCUT2D eigenvalue weighted by Gasteiger charge is 2.19. The summed E-state index contributed by atoms with van der Waals surface area (Å²) in [4.78, 5) is 16.5. The first-order chi connectivity index (χ1) is 11.0. The second-order valence-electron chi connectivity index (χ2n) is 6.37. The number of rotatable bonds is 6. The zero-order valence-electron chi connectivity index (χ0n) is 14.4. The van der Waals surface area contributed by atoms with Crippen molar-refractivity contribution < 1.29 is 4.79 Å². The van der Waals surface area contributed by atoms with E-state index in [9.17, 15) is 4.79 Å². The molecule has 7 heteroatoms. The van der Waals surface area contributed by atoms with Gasteiger partial charge in [0.1, 0.15) is 0 Å². The molecule has 0 bridgehead atoms. The molecular formula is C17H28Cl2N4O.